The quantitative estimate of drug-likeness (QED) is 0.419. The molecule has 3 aromatic rings. The molecule has 2 aromatic carbocycles. The third-order valence-corrected chi connectivity index (χ3v) is 6.75. The number of ether oxygens (including phenoxy) is 4. The number of aromatic nitrogens is 1. The minimum atomic E-state index is -0.852. The Morgan fingerprint density at radius 1 is 1.03 bits per heavy atom. The molecular weight excluding hydrogens is 486 g/mol. The average Bonchev–Trinajstić information content (AvgIpc) is 3.58. The number of alkyl carbamates (subject to hydrolysis) is 1. The van der Waals surface area contributed by atoms with Gasteiger partial charge in [0.1, 0.15) is 30.0 Å². The van der Waals surface area contributed by atoms with Crippen molar-refractivity contribution in [3.8, 4) is 0 Å². The Bertz CT molecular complexity index is 1250. The van der Waals surface area contributed by atoms with E-state index in [1.54, 1.807) is 20.8 Å². The van der Waals surface area contributed by atoms with E-state index in [0.717, 1.165) is 22.0 Å². The van der Waals surface area contributed by atoms with Crippen LogP contribution in [0.5, 0.6) is 0 Å². The Labute approximate surface area is 222 Å². The van der Waals surface area contributed by atoms with Gasteiger partial charge in [-0.15, -0.1) is 0 Å². The molecule has 0 bridgehead atoms. The number of benzene rings is 2. The number of fused-ring (bicyclic) bond motifs is 2. The van der Waals surface area contributed by atoms with Crippen molar-refractivity contribution in [3.05, 3.63) is 71.9 Å². The minimum absolute atomic E-state index is 0.219. The van der Waals surface area contributed by atoms with Gasteiger partial charge in [0.2, 0.25) is 5.91 Å². The van der Waals surface area contributed by atoms with Crippen molar-refractivity contribution in [2.24, 2.45) is 0 Å². The highest BCUT2D eigenvalue weighted by molar-refractivity contribution is 5.88. The molecule has 2 aliphatic rings. The summed E-state index contributed by atoms with van der Waals surface area (Å²) in [6, 6.07) is 16.6. The fourth-order valence-electron chi connectivity index (χ4n) is 4.97. The third-order valence-electron chi connectivity index (χ3n) is 6.75. The maximum atomic E-state index is 13.5. The number of rotatable bonds is 8. The molecule has 0 saturated carbocycles. The lowest BCUT2D eigenvalue weighted by Gasteiger charge is -2.25. The fraction of sp³-hybridized carbons (Fsp3) is 0.448. The van der Waals surface area contributed by atoms with E-state index in [9.17, 15) is 9.59 Å². The largest absolute Gasteiger partial charge is 0.444 e. The number of carbonyl (C=O) groups is 2. The average molecular weight is 522 g/mol. The van der Waals surface area contributed by atoms with Crippen molar-refractivity contribution in [1.82, 2.24) is 15.6 Å². The van der Waals surface area contributed by atoms with Crippen LogP contribution in [-0.2, 0) is 36.8 Å². The second-order valence-corrected chi connectivity index (χ2v) is 10.8. The van der Waals surface area contributed by atoms with Crippen LogP contribution in [0.2, 0.25) is 0 Å². The van der Waals surface area contributed by atoms with Crippen LogP contribution in [0.3, 0.4) is 0 Å². The normalized spacial score (nSPS) is 23.7. The first-order valence-electron chi connectivity index (χ1n) is 13.0. The summed E-state index contributed by atoms with van der Waals surface area (Å²) in [6.07, 6.45) is 0.699. The molecular formula is C29H35N3O6. The number of nitrogens with one attached hydrogen (secondary N) is 3. The summed E-state index contributed by atoms with van der Waals surface area (Å²) < 4.78 is 23.5. The number of hydrogen-bond acceptors (Lipinski definition) is 6. The molecule has 0 radical (unpaired) electrons. The van der Waals surface area contributed by atoms with E-state index < -0.39 is 17.7 Å². The Morgan fingerprint density at radius 2 is 1.76 bits per heavy atom. The summed E-state index contributed by atoms with van der Waals surface area (Å²) in [6.45, 7) is 6.51. The van der Waals surface area contributed by atoms with Gasteiger partial charge in [0.05, 0.1) is 25.9 Å². The second-order valence-electron chi connectivity index (χ2n) is 10.8. The number of aromatic amines is 1. The first-order chi connectivity index (χ1) is 18.3. The molecule has 3 heterocycles. The highest BCUT2D eigenvalue weighted by Gasteiger charge is 2.49. The summed E-state index contributed by atoms with van der Waals surface area (Å²) in [4.78, 5) is 29.4. The first kappa shape index (κ1) is 26.2. The molecule has 2 fully saturated rings. The summed E-state index contributed by atoms with van der Waals surface area (Å²) in [7, 11) is 0. The van der Waals surface area contributed by atoms with Crippen molar-refractivity contribution < 1.29 is 28.5 Å². The van der Waals surface area contributed by atoms with Gasteiger partial charge in [-0.2, -0.15) is 0 Å². The van der Waals surface area contributed by atoms with Crippen LogP contribution in [0.15, 0.2) is 60.8 Å². The zero-order valence-corrected chi connectivity index (χ0v) is 21.9. The lowest BCUT2D eigenvalue weighted by atomic mass is 10.0. The number of carbonyl (C=O) groups excluding carboxylic acids is 2. The summed E-state index contributed by atoms with van der Waals surface area (Å²) in [5, 5.41) is 6.81. The van der Waals surface area contributed by atoms with Crippen molar-refractivity contribution in [3.63, 3.8) is 0 Å². The molecule has 0 spiro atoms. The van der Waals surface area contributed by atoms with Gasteiger partial charge in [-0.3, -0.25) is 4.79 Å². The van der Waals surface area contributed by atoms with E-state index >= 15 is 0 Å². The van der Waals surface area contributed by atoms with E-state index in [2.05, 4.69) is 15.6 Å². The van der Waals surface area contributed by atoms with Crippen molar-refractivity contribution >= 4 is 22.9 Å². The summed E-state index contributed by atoms with van der Waals surface area (Å²) >= 11 is 0. The van der Waals surface area contributed by atoms with Gasteiger partial charge in [0.25, 0.3) is 0 Å². The molecule has 202 valence electrons. The van der Waals surface area contributed by atoms with E-state index in [-0.39, 0.29) is 30.3 Å². The fourth-order valence-corrected chi connectivity index (χ4v) is 4.97. The molecule has 5 rings (SSSR count). The van der Waals surface area contributed by atoms with Crippen LogP contribution in [0, 0.1) is 0 Å². The van der Waals surface area contributed by atoms with Crippen molar-refractivity contribution in [2.45, 2.75) is 69.8 Å². The van der Waals surface area contributed by atoms with Gasteiger partial charge >= 0.3 is 6.09 Å². The second kappa shape index (κ2) is 11.1. The molecule has 2 aliphatic heterocycles. The maximum Gasteiger partial charge on any atom is 0.408 e. The minimum Gasteiger partial charge on any atom is -0.444 e. The van der Waals surface area contributed by atoms with Gasteiger partial charge in [-0.1, -0.05) is 48.5 Å². The lowest BCUT2D eigenvalue weighted by Crippen LogP contribution is -2.54. The van der Waals surface area contributed by atoms with Crippen LogP contribution in [0.1, 0.15) is 31.9 Å². The molecule has 0 aliphatic carbocycles. The highest BCUT2D eigenvalue weighted by Crippen LogP contribution is 2.30. The summed E-state index contributed by atoms with van der Waals surface area (Å²) in [5.74, 6) is -0.326. The van der Waals surface area contributed by atoms with Crippen molar-refractivity contribution in [2.75, 3.05) is 13.2 Å². The van der Waals surface area contributed by atoms with Crippen LogP contribution < -0.4 is 10.6 Å². The third kappa shape index (κ3) is 6.18. The Morgan fingerprint density at radius 3 is 2.55 bits per heavy atom. The number of hydrogen-bond donors (Lipinski definition) is 3. The van der Waals surface area contributed by atoms with E-state index in [1.165, 1.54) is 0 Å². The zero-order chi connectivity index (χ0) is 26.7. The van der Waals surface area contributed by atoms with Crippen LogP contribution >= 0.6 is 0 Å². The van der Waals surface area contributed by atoms with Crippen LogP contribution in [0.4, 0.5) is 4.79 Å². The summed E-state index contributed by atoms with van der Waals surface area (Å²) in [5.41, 5.74) is 2.27. The molecule has 9 nitrogen and oxygen atoms in total. The molecule has 9 heteroatoms. The SMILES string of the molecule is CC(C)(C)OC(=O)N[C@@H](Cc1c[nH]c2ccccc12)C(=O)N[C@H]1CO[C@H]2[C@@H]1OC[C@@H]2OCc1ccccc1. The Balaban J connectivity index is 1.24. The maximum absolute atomic E-state index is 13.5. The van der Waals surface area contributed by atoms with Crippen molar-refractivity contribution in [1.29, 1.82) is 0 Å². The molecule has 2 saturated heterocycles. The molecule has 5 atom stereocenters. The van der Waals surface area contributed by atoms with Gasteiger partial charge in [0, 0.05) is 23.5 Å². The lowest BCUT2D eigenvalue weighted by molar-refractivity contribution is -0.124. The first-order valence-corrected chi connectivity index (χ1v) is 13.0. The molecule has 3 N–H and O–H groups in total. The predicted molar refractivity (Wildman–Crippen MR) is 142 cm³/mol. The van der Waals surface area contributed by atoms with Gasteiger partial charge in [-0.25, -0.2) is 4.79 Å². The molecule has 1 aromatic heterocycles. The smallest absolute Gasteiger partial charge is 0.408 e. The standard InChI is InChI=1S/C29H35N3O6/c1-29(2,3)38-28(34)32-22(13-19-14-30-21-12-8-7-11-20(19)21)27(33)31-23-16-36-26-24(17-37-25(23)26)35-15-18-9-5-4-6-10-18/h4-12,14,22-26,30H,13,15-17H2,1-3H3,(H,31,33)(H,32,34)/t22-,23-,24-,25+,26+/m0/s1. The number of amides is 2. The van der Waals surface area contributed by atoms with E-state index in [0.29, 0.717) is 26.2 Å². The van der Waals surface area contributed by atoms with Crippen LogP contribution in [-0.4, -0.2) is 66.2 Å². The molecule has 2 amide bonds. The molecule has 0 unspecified atom stereocenters. The monoisotopic (exact) mass is 521 g/mol. The number of para-hydroxylation sites is 1. The van der Waals surface area contributed by atoms with Gasteiger partial charge < -0.3 is 34.6 Å². The molecule has 38 heavy (non-hydrogen) atoms. The van der Waals surface area contributed by atoms with Crippen LogP contribution in [0.25, 0.3) is 10.9 Å². The van der Waals surface area contributed by atoms with Gasteiger partial charge in [0.15, 0.2) is 0 Å². The van der Waals surface area contributed by atoms with E-state index in [1.807, 2.05) is 60.8 Å². The van der Waals surface area contributed by atoms with Gasteiger partial charge in [-0.05, 0) is 38.0 Å². The predicted octanol–water partition coefficient (Wildman–Crippen LogP) is 3.47. The zero-order valence-electron chi connectivity index (χ0n) is 21.9. The number of H-pyrrole nitrogens is 1. The van der Waals surface area contributed by atoms with E-state index in [4.69, 9.17) is 18.9 Å². The Kier molecular flexibility index (Phi) is 7.69. The topological polar surface area (TPSA) is 111 Å². The highest BCUT2D eigenvalue weighted by atomic mass is 16.6. The Hall–Kier alpha value is -3.40.